The molecule has 118 valence electrons. The summed E-state index contributed by atoms with van der Waals surface area (Å²) in [6, 6.07) is 15.3. The highest BCUT2D eigenvalue weighted by Crippen LogP contribution is 2.13. The summed E-state index contributed by atoms with van der Waals surface area (Å²) in [5.74, 6) is -0.161. The summed E-state index contributed by atoms with van der Waals surface area (Å²) in [4.78, 5) is 2.42. The molecule has 0 aliphatic carbocycles. The van der Waals surface area contributed by atoms with Gasteiger partial charge in [-0.15, -0.1) is 0 Å². The van der Waals surface area contributed by atoms with E-state index in [0.29, 0.717) is 12.1 Å². The maximum atomic E-state index is 13.6. The Kier molecular flexibility index (Phi) is 6.41. The molecular weight excluding hydrogens is 275 g/mol. The second-order valence-corrected chi connectivity index (χ2v) is 5.42. The van der Waals surface area contributed by atoms with E-state index >= 15 is 0 Å². The van der Waals surface area contributed by atoms with Gasteiger partial charge in [0, 0.05) is 24.3 Å². The fourth-order valence-corrected chi connectivity index (χ4v) is 2.46. The Bertz CT molecular complexity index is 562. The molecule has 2 nitrogen and oxygen atoms in total. The smallest absolute Gasteiger partial charge is 0.128 e. The molecular formula is C19H25FN2. The van der Waals surface area contributed by atoms with Crippen molar-refractivity contribution in [3.05, 3.63) is 65.5 Å². The van der Waals surface area contributed by atoms with Crippen LogP contribution in [0.25, 0.3) is 0 Å². The SMILES string of the molecule is CCN(CC)CCc1ccc(NCc2ccccc2F)cc1. The maximum Gasteiger partial charge on any atom is 0.128 e. The van der Waals surface area contributed by atoms with Gasteiger partial charge in [0.15, 0.2) is 0 Å². The van der Waals surface area contributed by atoms with Crippen LogP contribution in [0.2, 0.25) is 0 Å². The number of hydrogen-bond acceptors (Lipinski definition) is 2. The number of likely N-dealkylation sites (N-methyl/N-ethyl adjacent to an activating group) is 1. The maximum absolute atomic E-state index is 13.6. The summed E-state index contributed by atoms with van der Waals surface area (Å²) in [5, 5.41) is 3.27. The Morgan fingerprint density at radius 2 is 1.64 bits per heavy atom. The molecule has 2 rings (SSSR count). The molecule has 0 bridgehead atoms. The van der Waals surface area contributed by atoms with E-state index in [9.17, 15) is 4.39 Å². The highest BCUT2D eigenvalue weighted by Gasteiger charge is 2.02. The van der Waals surface area contributed by atoms with Crippen LogP contribution in [-0.2, 0) is 13.0 Å². The Hall–Kier alpha value is -1.87. The van der Waals surface area contributed by atoms with E-state index in [2.05, 4.69) is 48.3 Å². The van der Waals surface area contributed by atoms with Crippen LogP contribution in [0.1, 0.15) is 25.0 Å². The van der Waals surface area contributed by atoms with E-state index in [4.69, 9.17) is 0 Å². The molecule has 0 saturated carbocycles. The van der Waals surface area contributed by atoms with Crippen LogP contribution in [0.15, 0.2) is 48.5 Å². The van der Waals surface area contributed by atoms with Crippen LogP contribution in [0, 0.1) is 5.82 Å². The molecule has 2 aromatic rings. The van der Waals surface area contributed by atoms with Crippen molar-refractivity contribution in [1.29, 1.82) is 0 Å². The number of anilines is 1. The molecule has 0 aliphatic rings. The third-order valence-electron chi connectivity index (χ3n) is 4.01. The Morgan fingerprint density at radius 3 is 2.27 bits per heavy atom. The largest absolute Gasteiger partial charge is 0.381 e. The first-order valence-electron chi connectivity index (χ1n) is 8.01. The van der Waals surface area contributed by atoms with Crippen LogP contribution >= 0.6 is 0 Å². The van der Waals surface area contributed by atoms with Crippen LogP contribution < -0.4 is 5.32 Å². The summed E-state index contributed by atoms with van der Waals surface area (Å²) < 4.78 is 13.6. The minimum Gasteiger partial charge on any atom is -0.381 e. The number of hydrogen-bond donors (Lipinski definition) is 1. The van der Waals surface area contributed by atoms with Gasteiger partial charge >= 0.3 is 0 Å². The lowest BCUT2D eigenvalue weighted by Crippen LogP contribution is -2.25. The molecule has 0 saturated heterocycles. The zero-order valence-corrected chi connectivity index (χ0v) is 13.5. The van der Waals surface area contributed by atoms with E-state index in [-0.39, 0.29) is 5.82 Å². The van der Waals surface area contributed by atoms with Crippen molar-refractivity contribution >= 4 is 5.69 Å². The van der Waals surface area contributed by atoms with Crippen molar-refractivity contribution < 1.29 is 4.39 Å². The quantitative estimate of drug-likeness (QED) is 0.781. The average Bonchev–Trinajstić information content (AvgIpc) is 2.56. The predicted molar refractivity (Wildman–Crippen MR) is 91.7 cm³/mol. The van der Waals surface area contributed by atoms with Gasteiger partial charge in [0.05, 0.1) is 0 Å². The zero-order valence-electron chi connectivity index (χ0n) is 13.5. The lowest BCUT2D eigenvalue weighted by molar-refractivity contribution is 0.308. The highest BCUT2D eigenvalue weighted by molar-refractivity contribution is 5.45. The molecule has 22 heavy (non-hydrogen) atoms. The van der Waals surface area contributed by atoms with E-state index in [0.717, 1.165) is 31.7 Å². The van der Waals surface area contributed by atoms with E-state index in [1.807, 2.05) is 6.07 Å². The molecule has 0 radical (unpaired) electrons. The van der Waals surface area contributed by atoms with Gasteiger partial charge < -0.3 is 10.2 Å². The monoisotopic (exact) mass is 300 g/mol. The summed E-state index contributed by atoms with van der Waals surface area (Å²) in [7, 11) is 0. The average molecular weight is 300 g/mol. The highest BCUT2D eigenvalue weighted by atomic mass is 19.1. The predicted octanol–water partition coefficient (Wildman–Crippen LogP) is 4.32. The van der Waals surface area contributed by atoms with Crippen LogP contribution in [0.4, 0.5) is 10.1 Å². The number of nitrogens with one attached hydrogen (secondary N) is 1. The lowest BCUT2D eigenvalue weighted by Gasteiger charge is -2.17. The van der Waals surface area contributed by atoms with Gasteiger partial charge in [-0.05, 0) is 43.3 Å². The molecule has 0 heterocycles. The third-order valence-corrected chi connectivity index (χ3v) is 4.01. The van der Waals surface area contributed by atoms with Gasteiger partial charge in [0.2, 0.25) is 0 Å². The second kappa shape index (κ2) is 8.54. The van der Waals surface area contributed by atoms with Crippen LogP contribution in [0.5, 0.6) is 0 Å². The topological polar surface area (TPSA) is 15.3 Å². The molecule has 0 aromatic heterocycles. The molecule has 0 unspecified atom stereocenters. The molecule has 0 amide bonds. The first kappa shape index (κ1) is 16.5. The van der Waals surface area contributed by atoms with Crippen molar-refractivity contribution in [2.24, 2.45) is 0 Å². The minimum absolute atomic E-state index is 0.161. The first-order chi connectivity index (χ1) is 10.7. The summed E-state index contributed by atoms with van der Waals surface area (Å²) in [6.07, 6.45) is 1.06. The van der Waals surface area contributed by atoms with Crippen molar-refractivity contribution in [2.75, 3.05) is 25.0 Å². The standard InChI is InChI=1S/C19H25FN2/c1-3-22(4-2)14-13-16-9-11-18(12-10-16)21-15-17-7-5-6-8-19(17)20/h5-12,21H,3-4,13-15H2,1-2H3. The van der Waals surface area contributed by atoms with Gasteiger partial charge in [0.1, 0.15) is 5.82 Å². The number of benzene rings is 2. The molecule has 3 heteroatoms. The first-order valence-corrected chi connectivity index (χ1v) is 8.01. The molecule has 0 spiro atoms. The van der Waals surface area contributed by atoms with Gasteiger partial charge in [-0.2, -0.15) is 0 Å². The summed E-state index contributed by atoms with van der Waals surface area (Å²) >= 11 is 0. The number of rotatable bonds is 8. The number of halogens is 1. The van der Waals surface area contributed by atoms with Crippen molar-refractivity contribution in [1.82, 2.24) is 4.90 Å². The van der Waals surface area contributed by atoms with E-state index in [1.54, 1.807) is 12.1 Å². The van der Waals surface area contributed by atoms with Gasteiger partial charge in [-0.3, -0.25) is 0 Å². The summed E-state index contributed by atoms with van der Waals surface area (Å²) in [5.41, 5.74) is 3.05. The second-order valence-electron chi connectivity index (χ2n) is 5.42. The Morgan fingerprint density at radius 1 is 0.955 bits per heavy atom. The zero-order chi connectivity index (χ0) is 15.8. The Balaban J connectivity index is 1.85. The van der Waals surface area contributed by atoms with Gasteiger partial charge in [-0.1, -0.05) is 44.2 Å². The van der Waals surface area contributed by atoms with Crippen LogP contribution in [0.3, 0.4) is 0 Å². The molecule has 0 atom stereocenters. The molecule has 0 aliphatic heterocycles. The Labute approximate surface area is 133 Å². The van der Waals surface area contributed by atoms with Crippen molar-refractivity contribution in [3.8, 4) is 0 Å². The minimum atomic E-state index is -0.161. The van der Waals surface area contributed by atoms with Crippen molar-refractivity contribution in [3.63, 3.8) is 0 Å². The normalized spacial score (nSPS) is 10.9. The van der Waals surface area contributed by atoms with Gasteiger partial charge in [-0.25, -0.2) is 4.39 Å². The van der Waals surface area contributed by atoms with Crippen molar-refractivity contribution in [2.45, 2.75) is 26.8 Å². The number of nitrogens with zero attached hydrogens (tertiary/aromatic N) is 1. The van der Waals surface area contributed by atoms with E-state index in [1.165, 1.54) is 11.6 Å². The van der Waals surface area contributed by atoms with E-state index < -0.39 is 0 Å². The third kappa shape index (κ3) is 4.85. The molecule has 2 aromatic carbocycles. The van der Waals surface area contributed by atoms with Gasteiger partial charge in [0.25, 0.3) is 0 Å². The summed E-state index contributed by atoms with van der Waals surface area (Å²) in [6.45, 7) is 8.18. The molecule has 1 N–H and O–H groups in total. The fourth-order valence-electron chi connectivity index (χ4n) is 2.46. The van der Waals surface area contributed by atoms with Crippen LogP contribution in [-0.4, -0.2) is 24.5 Å². The molecule has 0 fully saturated rings. The lowest BCUT2D eigenvalue weighted by atomic mass is 10.1. The fraction of sp³-hybridized carbons (Fsp3) is 0.368.